The summed E-state index contributed by atoms with van der Waals surface area (Å²) in [5.74, 6) is -0.115. The highest BCUT2D eigenvalue weighted by atomic mass is 32.1. The van der Waals surface area contributed by atoms with Gasteiger partial charge in [-0.25, -0.2) is 4.98 Å². The molecule has 3 N–H and O–H groups in total. The normalized spacial score (nSPS) is 16.9. The van der Waals surface area contributed by atoms with Crippen LogP contribution in [0, 0.1) is 0 Å². The van der Waals surface area contributed by atoms with Gasteiger partial charge in [0.15, 0.2) is 0 Å². The topological polar surface area (TPSA) is 80.5 Å². The number of morpholine rings is 1. The minimum atomic E-state index is -0.115. The van der Waals surface area contributed by atoms with E-state index < -0.39 is 0 Å². The monoisotopic (exact) mass is 312 g/mol. The summed E-state index contributed by atoms with van der Waals surface area (Å²) in [4.78, 5) is 18.8. The second-order valence-corrected chi connectivity index (χ2v) is 6.70. The fourth-order valence-corrected chi connectivity index (χ4v) is 3.12. The predicted molar refractivity (Wildman–Crippen MR) is 83.7 cm³/mol. The third-order valence-corrected chi connectivity index (χ3v) is 4.60. The molecule has 1 saturated heterocycles. The van der Waals surface area contributed by atoms with Crippen molar-refractivity contribution in [2.45, 2.75) is 25.8 Å². The van der Waals surface area contributed by atoms with Crippen molar-refractivity contribution in [2.24, 2.45) is 5.73 Å². The van der Waals surface area contributed by atoms with Crippen molar-refractivity contribution in [1.29, 1.82) is 0 Å². The van der Waals surface area contributed by atoms with E-state index in [9.17, 15) is 4.79 Å². The number of hydrogen-bond acceptors (Lipinski definition) is 6. The van der Waals surface area contributed by atoms with Crippen LogP contribution in [0.15, 0.2) is 5.38 Å². The van der Waals surface area contributed by atoms with Gasteiger partial charge >= 0.3 is 0 Å². The van der Waals surface area contributed by atoms with Crippen molar-refractivity contribution in [3.8, 4) is 0 Å². The first kappa shape index (κ1) is 16.4. The molecule has 0 saturated carbocycles. The molecule has 2 rings (SSSR count). The van der Waals surface area contributed by atoms with Gasteiger partial charge in [0.25, 0.3) is 5.91 Å². The third kappa shape index (κ3) is 4.47. The fraction of sp³-hybridized carbons (Fsp3) is 0.714. The largest absolute Gasteiger partial charge is 0.379 e. The molecule has 0 aromatic carbocycles. The van der Waals surface area contributed by atoms with Crippen LogP contribution in [-0.4, -0.2) is 60.7 Å². The summed E-state index contributed by atoms with van der Waals surface area (Å²) in [6.07, 6.45) is 0.719. The number of rotatable bonds is 6. The summed E-state index contributed by atoms with van der Waals surface area (Å²) in [6.45, 7) is 8.74. The molecule has 0 bridgehead atoms. The third-order valence-electron chi connectivity index (χ3n) is 3.69. The van der Waals surface area contributed by atoms with Gasteiger partial charge in [0.1, 0.15) is 5.69 Å². The molecule has 0 aliphatic carbocycles. The Labute approximate surface area is 129 Å². The van der Waals surface area contributed by atoms with Crippen LogP contribution in [0.2, 0.25) is 0 Å². The summed E-state index contributed by atoms with van der Waals surface area (Å²) in [5.41, 5.74) is 5.89. The first-order valence-corrected chi connectivity index (χ1v) is 8.16. The predicted octanol–water partition coefficient (Wildman–Crippen LogP) is 0.485. The zero-order chi connectivity index (χ0) is 15.3. The molecule has 2 heterocycles. The van der Waals surface area contributed by atoms with Gasteiger partial charge in [0.2, 0.25) is 0 Å². The Morgan fingerprint density at radius 1 is 1.52 bits per heavy atom. The Morgan fingerprint density at radius 3 is 2.90 bits per heavy atom. The van der Waals surface area contributed by atoms with Crippen molar-refractivity contribution in [2.75, 3.05) is 39.4 Å². The number of nitrogens with two attached hydrogens (primary N) is 1. The first-order valence-electron chi connectivity index (χ1n) is 7.28. The Bertz CT molecular complexity index is 469. The van der Waals surface area contributed by atoms with Crippen molar-refractivity contribution < 1.29 is 9.53 Å². The van der Waals surface area contributed by atoms with Gasteiger partial charge in [-0.05, 0) is 20.4 Å². The summed E-state index contributed by atoms with van der Waals surface area (Å²) in [6, 6.07) is 0. The molecule has 0 spiro atoms. The lowest BCUT2D eigenvalue weighted by Crippen LogP contribution is -2.55. The number of amides is 1. The van der Waals surface area contributed by atoms with Gasteiger partial charge in [-0.1, -0.05) is 0 Å². The lowest BCUT2D eigenvalue weighted by molar-refractivity contribution is -0.00924. The van der Waals surface area contributed by atoms with Gasteiger partial charge in [-0.2, -0.15) is 0 Å². The van der Waals surface area contributed by atoms with Gasteiger partial charge in [-0.15, -0.1) is 11.3 Å². The molecule has 1 aliphatic rings. The first-order chi connectivity index (χ1) is 10.0. The second-order valence-electron chi connectivity index (χ2n) is 5.76. The van der Waals surface area contributed by atoms with E-state index >= 15 is 0 Å². The Balaban J connectivity index is 1.86. The molecule has 1 aliphatic heterocycles. The number of carbonyl (C=O) groups excluding carboxylic acids is 1. The fourth-order valence-electron chi connectivity index (χ4n) is 2.32. The van der Waals surface area contributed by atoms with E-state index in [2.05, 4.69) is 29.0 Å². The lowest BCUT2D eigenvalue weighted by Gasteiger charge is -2.40. The average molecular weight is 312 g/mol. The summed E-state index contributed by atoms with van der Waals surface area (Å²) >= 11 is 1.48. The van der Waals surface area contributed by atoms with Crippen LogP contribution in [0.3, 0.4) is 0 Å². The minimum Gasteiger partial charge on any atom is -0.379 e. The van der Waals surface area contributed by atoms with Crippen molar-refractivity contribution in [3.05, 3.63) is 16.1 Å². The van der Waals surface area contributed by atoms with Crippen LogP contribution in [0.1, 0.15) is 29.3 Å². The Morgan fingerprint density at radius 2 is 2.24 bits per heavy atom. The molecule has 1 amide bonds. The maximum atomic E-state index is 12.2. The highest BCUT2D eigenvalue weighted by molar-refractivity contribution is 7.09. The number of hydrogen-bond donors (Lipinski definition) is 2. The number of aromatic nitrogens is 1. The zero-order valence-corrected chi connectivity index (χ0v) is 13.5. The van der Waals surface area contributed by atoms with E-state index in [-0.39, 0.29) is 11.4 Å². The van der Waals surface area contributed by atoms with Crippen molar-refractivity contribution in [3.63, 3.8) is 0 Å². The molecule has 0 radical (unpaired) electrons. The van der Waals surface area contributed by atoms with Gasteiger partial charge < -0.3 is 15.8 Å². The number of thiazole rings is 1. The van der Waals surface area contributed by atoms with Crippen LogP contribution in [0.25, 0.3) is 0 Å². The number of nitrogens with zero attached hydrogens (tertiary/aromatic N) is 2. The SMILES string of the molecule is CC(C)(CNC(=O)c1csc(CCN)n1)N1CCOCC1. The number of ether oxygens (including phenoxy) is 1. The van der Waals surface area contributed by atoms with Crippen molar-refractivity contribution >= 4 is 17.2 Å². The van der Waals surface area contributed by atoms with Gasteiger partial charge in [-0.3, -0.25) is 9.69 Å². The van der Waals surface area contributed by atoms with E-state index in [0.29, 0.717) is 18.8 Å². The molecule has 0 atom stereocenters. The molecule has 21 heavy (non-hydrogen) atoms. The Kier molecular flexibility index (Phi) is 5.69. The molecule has 7 heteroatoms. The summed E-state index contributed by atoms with van der Waals surface area (Å²) < 4.78 is 5.37. The van der Waals surface area contributed by atoms with E-state index in [4.69, 9.17) is 10.5 Å². The second kappa shape index (κ2) is 7.31. The number of nitrogens with one attached hydrogen (secondary N) is 1. The standard InChI is InChI=1S/C14H24N4O2S/c1-14(2,18-5-7-20-8-6-18)10-16-13(19)11-9-21-12(17-11)3-4-15/h9H,3-8,10,15H2,1-2H3,(H,16,19). The lowest BCUT2D eigenvalue weighted by atomic mass is 10.0. The van der Waals surface area contributed by atoms with Crippen molar-refractivity contribution in [1.82, 2.24) is 15.2 Å². The molecule has 6 nitrogen and oxygen atoms in total. The van der Waals surface area contributed by atoms with Gasteiger partial charge in [0.05, 0.1) is 18.2 Å². The molecule has 118 valence electrons. The van der Waals surface area contributed by atoms with E-state index in [1.54, 1.807) is 5.38 Å². The molecule has 0 unspecified atom stereocenters. The smallest absolute Gasteiger partial charge is 0.270 e. The Hall–Kier alpha value is -1.02. The maximum absolute atomic E-state index is 12.2. The zero-order valence-electron chi connectivity index (χ0n) is 12.7. The summed E-state index contributed by atoms with van der Waals surface area (Å²) in [7, 11) is 0. The van der Waals surface area contributed by atoms with E-state index in [0.717, 1.165) is 37.7 Å². The number of carbonyl (C=O) groups is 1. The van der Waals surface area contributed by atoms with E-state index in [1.807, 2.05) is 0 Å². The van der Waals surface area contributed by atoms with Crippen LogP contribution in [0.5, 0.6) is 0 Å². The van der Waals surface area contributed by atoms with Crippen LogP contribution < -0.4 is 11.1 Å². The van der Waals surface area contributed by atoms with Gasteiger partial charge in [0, 0.05) is 37.0 Å². The van der Waals surface area contributed by atoms with Crippen LogP contribution in [-0.2, 0) is 11.2 Å². The molecular weight excluding hydrogens is 288 g/mol. The average Bonchev–Trinajstić information content (AvgIpc) is 2.95. The molecule has 1 aromatic heterocycles. The maximum Gasteiger partial charge on any atom is 0.270 e. The molecular formula is C14H24N4O2S. The molecule has 1 aromatic rings. The minimum absolute atomic E-state index is 0.0877. The highest BCUT2D eigenvalue weighted by Crippen LogP contribution is 2.16. The highest BCUT2D eigenvalue weighted by Gasteiger charge is 2.28. The summed E-state index contributed by atoms with van der Waals surface area (Å²) in [5, 5.41) is 5.69. The van der Waals surface area contributed by atoms with Crippen LogP contribution in [0.4, 0.5) is 0 Å². The van der Waals surface area contributed by atoms with Crippen LogP contribution >= 0.6 is 11.3 Å². The molecule has 1 fully saturated rings. The van der Waals surface area contributed by atoms with E-state index in [1.165, 1.54) is 11.3 Å². The quantitative estimate of drug-likeness (QED) is 0.799.